The monoisotopic (exact) mass is 271 g/mol. The molecule has 1 aliphatic rings. The maximum Gasteiger partial charge on any atom is 0.206 e. The van der Waals surface area contributed by atoms with E-state index in [2.05, 4.69) is 22.1 Å². The Hall–Kier alpha value is -0.590. The van der Waals surface area contributed by atoms with Crippen molar-refractivity contribution in [2.45, 2.75) is 30.2 Å². The van der Waals surface area contributed by atoms with Crippen molar-refractivity contribution in [3.63, 3.8) is 0 Å². The normalized spacial score (nSPS) is 19.5. The molecule has 0 radical (unpaired) electrons. The highest BCUT2D eigenvalue weighted by Gasteiger charge is 2.15. The molecule has 17 heavy (non-hydrogen) atoms. The fraction of sp³-hybridized carbons (Fsp3) is 0.636. The molecule has 6 heteroatoms. The van der Waals surface area contributed by atoms with Crippen molar-refractivity contribution in [3.05, 3.63) is 12.2 Å². The standard InChI is InChI=1S/C11H17N3OS2/c1-8(2)7-16-11-14-13-10(17-11)12-6-9-4-3-5-15-9/h9H,1,3-7H2,2H3,(H,12,13)/t9-/m0/s1. The second kappa shape index (κ2) is 6.37. The number of anilines is 1. The molecule has 1 fully saturated rings. The van der Waals surface area contributed by atoms with Crippen LogP contribution in [0.3, 0.4) is 0 Å². The van der Waals surface area contributed by atoms with E-state index in [4.69, 9.17) is 4.74 Å². The molecule has 0 bridgehead atoms. The van der Waals surface area contributed by atoms with E-state index < -0.39 is 0 Å². The van der Waals surface area contributed by atoms with Gasteiger partial charge in [0.05, 0.1) is 6.10 Å². The maximum atomic E-state index is 5.54. The van der Waals surface area contributed by atoms with Crippen LogP contribution in [-0.2, 0) is 4.74 Å². The van der Waals surface area contributed by atoms with Crippen molar-refractivity contribution < 1.29 is 4.74 Å². The summed E-state index contributed by atoms with van der Waals surface area (Å²) < 4.78 is 6.53. The molecule has 1 atom stereocenters. The van der Waals surface area contributed by atoms with Crippen LogP contribution in [-0.4, -0.2) is 35.2 Å². The lowest BCUT2D eigenvalue weighted by Crippen LogP contribution is -2.18. The van der Waals surface area contributed by atoms with Gasteiger partial charge in [0, 0.05) is 18.9 Å². The van der Waals surface area contributed by atoms with Gasteiger partial charge in [-0.1, -0.05) is 35.3 Å². The molecule has 94 valence electrons. The molecule has 2 heterocycles. The number of ether oxygens (including phenoxy) is 1. The van der Waals surface area contributed by atoms with E-state index in [0.717, 1.165) is 40.4 Å². The summed E-state index contributed by atoms with van der Waals surface area (Å²) in [6, 6.07) is 0. The molecule has 0 aliphatic carbocycles. The van der Waals surface area contributed by atoms with Crippen molar-refractivity contribution in [1.29, 1.82) is 0 Å². The van der Waals surface area contributed by atoms with Crippen LogP contribution in [0.5, 0.6) is 0 Å². The molecule has 1 saturated heterocycles. The molecule has 0 unspecified atom stereocenters. The first-order chi connectivity index (χ1) is 8.24. The van der Waals surface area contributed by atoms with Crippen LogP contribution in [0.15, 0.2) is 16.5 Å². The van der Waals surface area contributed by atoms with E-state index in [0.29, 0.717) is 6.10 Å². The van der Waals surface area contributed by atoms with Gasteiger partial charge in [-0.25, -0.2) is 0 Å². The summed E-state index contributed by atoms with van der Waals surface area (Å²) in [5.74, 6) is 0.903. The third-order valence-electron chi connectivity index (χ3n) is 2.35. The summed E-state index contributed by atoms with van der Waals surface area (Å²) >= 11 is 3.27. The smallest absolute Gasteiger partial charge is 0.206 e. The SMILES string of the molecule is C=C(C)CSc1nnc(NC[C@@H]2CCCO2)s1. The average molecular weight is 271 g/mol. The molecule has 1 aromatic heterocycles. The molecular formula is C11H17N3OS2. The molecule has 1 aromatic rings. The summed E-state index contributed by atoms with van der Waals surface area (Å²) in [6.45, 7) is 7.61. The Morgan fingerprint density at radius 2 is 2.53 bits per heavy atom. The van der Waals surface area contributed by atoms with E-state index in [1.807, 2.05) is 6.92 Å². The van der Waals surface area contributed by atoms with Gasteiger partial charge in [-0.15, -0.1) is 10.2 Å². The van der Waals surface area contributed by atoms with Gasteiger partial charge in [0.25, 0.3) is 0 Å². The van der Waals surface area contributed by atoms with Crippen molar-refractivity contribution in [2.24, 2.45) is 0 Å². The van der Waals surface area contributed by atoms with Crippen LogP contribution >= 0.6 is 23.1 Å². The summed E-state index contributed by atoms with van der Waals surface area (Å²) in [7, 11) is 0. The second-order valence-electron chi connectivity index (χ2n) is 4.13. The average Bonchev–Trinajstić information content (AvgIpc) is 2.95. The van der Waals surface area contributed by atoms with Gasteiger partial charge in [-0.05, 0) is 19.8 Å². The first-order valence-electron chi connectivity index (χ1n) is 5.70. The number of nitrogens with zero attached hydrogens (tertiary/aromatic N) is 2. The van der Waals surface area contributed by atoms with Crippen LogP contribution in [0, 0.1) is 0 Å². The predicted octanol–water partition coefficient (Wildman–Crippen LogP) is 2.80. The molecule has 4 nitrogen and oxygen atoms in total. The summed E-state index contributed by atoms with van der Waals surface area (Å²) in [4.78, 5) is 0. The Labute approximate surface area is 110 Å². The largest absolute Gasteiger partial charge is 0.376 e. The second-order valence-corrected chi connectivity index (χ2v) is 6.33. The van der Waals surface area contributed by atoms with E-state index >= 15 is 0 Å². The Morgan fingerprint density at radius 1 is 1.65 bits per heavy atom. The first-order valence-corrected chi connectivity index (χ1v) is 7.50. The lowest BCUT2D eigenvalue weighted by molar-refractivity contribution is 0.120. The van der Waals surface area contributed by atoms with Gasteiger partial charge >= 0.3 is 0 Å². The number of rotatable bonds is 6. The maximum absolute atomic E-state index is 5.54. The van der Waals surface area contributed by atoms with Gasteiger partial charge in [0.15, 0.2) is 4.34 Å². The van der Waals surface area contributed by atoms with Crippen LogP contribution < -0.4 is 5.32 Å². The number of hydrogen-bond acceptors (Lipinski definition) is 6. The van der Waals surface area contributed by atoms with Gasteiger partial charge in [-0.2, -0.15) is 0 Å². The molecular weight excluding hydrogens is 254 g/mol. The molecule has 0 amide bonds. The van der Waals surface area contributed by atoms with Crippen molar-refractivity contribution in [2.75, 3.05) is 24.2 Å². The van der Waals surface area contributed by atoms with E-state index in [9.17, 15) is 0 Å². The first kappa shape index (κ1) is 12.9. The minimum Gasteiger partial charge on any atom is -0.376 e. The fourth-order valence-corrected chi connectivity index (χ4v) is 3.13. The molecule has 0 spiro atoms. The molecule has 0 saturated carbocycles. The van der Waals surface area contributed by atoms with E-state index in [-0.39, 0.29) is 0 Å². The van der Waals surface area contributed by atoms with Crippen molar-refractivity contribution >= 4 is 28.2 Å². The zero-order valence-corrected chi connectivity index (χ0v) is 11.6. The quantitative estimate of drug-likeness (QED) is 0.637. The minimum atomic E-state index is 0.338. The highest BCUT2D eigenvalue weighted by atomic mass is 32.2. The van der Waals surface area contributed by atoms with Gasteiger partial charge in [-0.3, -0.25) is 0 Å². The lowest BCUT2D eigenvalue weighted by Gasteiger charge is -2.08. The van der Waals surface area contributed by atoms with Crippen molar-refractivity contribution in [3.8, 4) is 0 Å². The third-order valence-corrected chi connectivity index (χ3v) is 4.60. The number of nitrogens with one attached hydrogen (secondary N) is 1. The summed E-state index contributed by atoms with van der Waals surface area (Å²) in [6.07, 6.45) is 2.65. The van der Waals surface area contributed by atoms with Crippen LogP contribution in [0.4, 0.5) is 5.13 Å². The van der Waals surface area contributed by atoms with Gasteiger partial charge in [0.2, 0.25) is 5.13 Å². The molecule has 0 aromatic carbocycles. The lowest BCUT2D eigenvalue weighted by atomic mass is 10.2. The van der Waals surface area contributed by atoms with E-state index in [1.54, 1.807) is 23.1 Å². The third kappa shape index (κ3) is 4.29. The minimum absolute atomic E-state index is 0.338. The molecule has 1 aliphatic heterocycles. The molecule has 2 rings (SSSR count). The summed E-state index contributed by atoms with van der Waals surface area (Å²) in [5, 5.41) is 12.4. The van der Waals surface area contributed by atoms with Gasteiger partial charge in [0.1, 0.15) is 0 Å². The van der Waals surface area contributed by atoms with Crippen LogP contribution in [0.2, 0.25) is 0 Å². The highest BCUT2D eigenvalue weighted by Crippen LogP contribution is 2.26. The zero-order chi connectivity index (χ0) is 12.1. The van der Waals surface area contributed by atoms with Gasteiger partial charge < -0.3 is 10.1 Å². The highest BCUT2D eigenvalue weighted by molar-refractivity contribution is 8.01. The van der Waals surface area contributed by atoms with Crippen LogP contribution in [0.1, 0.15) is 19.8 Å². The predicted molar refractivity (Wildman–Crippen MR) is 72.9 cm³/mol. The Balaban J connectivity index is 1.75. The van der Waals surface area contributed by atoms with Crippen LogP contribution in [0.25, 0.3) is 0 Å². The number of hydrogen-bond donors (Lipinski definition) is 1. The Kier molecular flexibility index (Phi) is 4.82. The summed E-state index contributed by atoms with van der Waals surface area (Å²) in [5.41, 5.74) is 1.15. The Morgan fingerprint density at radius 3 is 3.24 bits per heavy atom. The zero-order valence-electron chi connectivity index (χ0n) is 9.94. The van der Waals surface area contributed by atoms with Crippen molar-refractivity contribution in [1.82, 2.24) is 10.2 Å². The van der Waals surface area contributed by atoms with E-state index in [1.165, 1.54) is 6.42 Å². The topological polar surface area (TPSA) is 47.0 Å². The molecule has 1 N–H and O–H groups in total. The Bertz CT molecular complexity index is 375. The fourth-order valence-electron chi connectivity index (χ4n) is 1.53. The number of thioether (sulfide) groups is 1. The number of aromatic nitrogens is 2.